The van der Waals surface area contributed by atoms with Gasteiger partial charge in [0.25, 0.3) is 0 Å². The molecule has 0 fully saturated rings. The van der Waals surface area contributed by atoms with E-state index in [1.807, 2.05) is 0 Å². The molecule has 0 bridgehead atoms. The Hall–Kier alpha value is -1.56. The van der Waals surface area contributed by atoms with E-state index in [4.69, 9.17) is 0 Å². The highest BCUT2D eigenvalue weighted by atomic mass is 19.2. The number of benzene rings is 1. The van der Waals surface area contributed by atoms with Crippen LogP contribution in [0.25, 0.3) is 0 Å². The maximum absolute atomic E-state index is 13.1. The van der Waals surface area contributed by atoms with E-state index in [9.17, 15) is 18.0 Å². The lowest BCUT2D eigenvalue weighted by Gasteiger charge is -2.06. The molecule has 0 heterocycles. The van der Waals surface area contributed by atoms with Crippen LogP contribution in [-0.2, 0) is 4.79 Å². The summed E-state index contributed by atoms with van der Waals surface area (Å²) in [5.74, 6) is -4.74. The minimum atomic E-state index is -1.59. The van der Waals surface area contributed by atoms with Gasteiger partial charge in [-0.25, -0.2) is 13.2 Å². The van der Waals surface area contributed by atoms with Gasteiger partial charge < -0.3 is 10.6 Å². The number of carbonyl (C=O) groups excluding carboxylic acids is 1. The number of halogens is 3. The molecule has 1 rings (SSSR count). The Morgan fingerprint density at radius 3 is 2.56 bits per heavy atom. The molecule has 0 aliphatic rings. The average molecular weight is 232 g/mol. The van der Waals surface area contributed by atoms with Gasteiger partial charge in [-0.3, -0.25) is 4.79 Å². The third-order valence-corrected chi connectivity index (χ3v) is 1.91. The largest absolute Gasteiger partial charge is 0.323 e. The van der Waals surface area contributed by atoms with Crippen LogP contribution in [0.5, 0.6) is 0 Å². The maximum Gasteiger partial charge on any atom is 0.225 e. The van der Waals surface area contributed by atoms with Crippen molar-refractivity contribution in [3.05, 3.63) is 29.6 Å². The minimum absolute atomic E-state index is 0.120. The zero-order valence-electron chi connectivity index (χ0n) is 8.61. The Bertz CT molecular complexity index is 396. The van der Waals surface area contributed by atoms with Crippen molar-refractivity contribution >= 4 is 11.6 Å². The van der Waals surface area contributed by atoms with Crippen LogP contribution >= 0.6 is 0 Å². The SMILES string of the molecule is CNCCC(=O)Nc1ccc(F)c(F)c1F. The average Bonchev–Trinajstić information content (AvgIpc) is 2.27. The first-order valence-electron chi connectivity index (χ1n) is 4.64. The van der Waals surface area contributed by atoms with E-state index in [1.54, 1.807) is 7.05 Å². The van der Waals surface area contributed by atoms with Gasteiger partial charge in [-0.1, -0.05) is 0 Å². The molecule has 6 heteroatoms. The predicted molar refractivity (Wildman–Crippen MR) is 53.5 cm³/mol. The molecule has 88 valence electrons. The molecule has 1 amide bonds. The quantitative estimate of drug-likeness (QED) is 0.775. The molecule has 0 atom stereocenters. The van der Waals surface area contributed by atoms with E-state index in [0.717, 1.165) is 12.1 Å². The predicted octanol–water partition coefficient (Wildman–Crippen LogP) is 1.65. The normalized spacial score (nSPS) is 10.2. The molecule has 0 aromatic heterocycles. The number of amides is 1. The molecule has 16 heavy (non-hydrogen) atoms. The fourth-order valence-corrected chi connectivity index (χ4v) is 1.07. The highest BCUT2D eigenvalue weighted by Crippen LogP contribution is 2.19. The molecule has 0 spiro atoms. The van der Waals surface area contributed by atoms with Crippen LogP contribution in [0.2, 0.25) is 0 Å². The number of anilines is 1. The summed E-state index contributed by atoms with van der Waals surface area (Å²) in [5.41, 5.74) is -0.361. The molecule has 0 radical (unpaired) electrons. The van der Waals surface area contributed by atoms with Crippen LogP contribution in [0.4, 0.5) is 18.9 Å². The molecule has 0 unspecified atom stereocenters. The maximum atomic E-state index is 13.1. The number of hydrogen-bond donors (Lipinski definition) is 2. The van der Waals surface area contributed by atoms with Gasteiger partial charge >= 0.3 is 0 Å². The van der Waals surface area contributed by atoms with Crippen LogP contribution < -0.4 is 10.6 Å². The smallest absolute Gasteiger partial charge is 0.225 e. The Labute approximate surface area is 90.6 Å². The van der Waals surface area contributed by atoms with E-state index in [2.05, 4.69) is 10.6 Å². The second kappa shape index (κ2) is 5.50. The monoisotopic (exact) mass is 232 g/mol. The van der Waals surface area contributed by atoms with Crippen LogP contribution in [-0.4, -0.2) is 19.5 Å². The van der Waals surface area contributed by atoms with Crippen LogP contribution in [0.3, 0.4) is 0 Å². The van der Waals surface area contributed by atoms with Crippen molar-refractivity contribution in [2.75, 3.05) is 18.9 Å². The van der Waals surface area contributed by atoms with Crippen LogP contribution in [0, 0.1) is 17.5 Å². The fraction of sp³-hybridized carbons (Fsp3) is 0.300. The van der Waals surface area contributed by atoms with E-state index in [-0.39, 0.29) is 12.1 Å². The Balaban J connectivity index is 2.74. The van der Waals surface area contributed by atoms with Crippen molar-refractivity contribution in [2.24, 2.45) is 0 Å². The third-order valence-electron chi connectivity index (χ3n) is 1.91. The molecule has 0 saturated carbocycles. The van der Waals surface area contributed by atoms with E-state index in [1.165, 1.54) is 0 Å². The Morgan fingerprint density at radius 1 is 1.25 bits per heavy atom. The van der Waals surface area contributed by atoms with Gasteiger partial charge in [0.2, 0.25) is 5.91 Å². The molecule has 3 nitrogen and oxygen atoms in total. The van der Waals surface area contributed by atoms with Crippen molar-refractivity contribution in [3.63, 3.8) is 0 Å². The van der Waals surface area contributed by atoms with Crippen LogP contribution in [0.1, 0.15) is 6.42 Å². The fourth-order valence-electron chi connectivity index (χ4n) is 1.07. The number of nitrogens with one attached hydrogen (secondary N) is 2. The summed E-state index contributed by atoms with van der Waals surface area (Å²) in [6.07, 6.45) is 0.120. The second-order valence-electron chi connectivity index (χ2n) is 3.12. The van der Waals surface area contributed by atoms with Crippen LogP contribution in [0.15, 0.2) is 12.1 Å². The topological polar surface area (TPSA) is 41.1 Å². The van der Waals surface area contributed by atoms with Crippen molar-refractivity contribution in [3.8, 4) is 0 Å². The lowest BCUT2D eigenvalue weighted by Crippen LogP contribution is -2.19. The van der Waals surface area contributed by atoms with Crippen molar-refractivity contribution < 1.29 is 18.0 Å². The molecule has 2 N–H and O–H groups in total. The van der Waals surface area contributed by atoms with Gasteiger partial charge in [0.1, 0.15) is 0 Å². The molecule has 0 aliphatic carbocycles. The summed E-state index contributed by atoms with van der Waals surface area (Å²) in [5, 5.41) is 4.88. The third kappa shape index (κ3) is 2.96. The molecule has 0 saturated heterocycles. The minimum Gasteiger partial charge on any atom is -0.323 e. The van der Waals surface area contributed by atoms with Gasteiger partial charge in [0, 0.05) is 13.0 Å². The summed E-state index contributed by atoms with van der Waals surface area (Å²) in [6.45, 7) is 0.414. The summed E-state index contributed by atoms with van der Waals surface area (Å²) < 4.78 is 38.4. The lowest BCUT2D eigenvalue weighted by atomic mass is 10.2. The van der Waals surface area contributed by atoms with Gasteiger partial charge in [0.15, 0.2) is 17.5 Å². The Morgan fingerprint density at radius 2 is 1.94 bits per heavy atom. The van der Waals surface area contributed by atoms with Gasteiger partial charge in [-0.05, 0) is 19.2 Å². The first-order chi connectivity index (χ1) is 7.56. The summed E-state index contributed by atoms with van der Waals surface area (Å²) in [6, 6.07) is 1.73. The first kappa shape index (κ1) is 12.5. The molecular formula is C10H11F3N2O. The highest BCUT2D eigenvalue weighted by molar-refractivity contribution is 5.90. The molecular weight excluding hydrogens is 221 g/mol. The summed E-state index contributed by atoms with van der Waals surface area (Å²) in [4.78, 5) is 11.2. The number of rotatable bonds is 4. The zero-order valence-corrected chi connectivity index (χ0v) is 8.61. The zero-order chi connectivity index (χ0) is 12.1. The summed E-state index contributed by atoms with van der Waals surface area (Å²) in [7, 11) is 1.66. The summed E-state index contributed by atoms with van der Waals surface area (Å²) >= 11 is 0. The van der Waals surface area contributed by atoms with Crippen molar-refractivity contribution in [2.45, 2.75) is 6.42 Å². The van der Waals surface area contributed by atoms with E-state index < -0.39 is 23.4 Å². The second-order valence-corrected chi connectivity index (χ2v) is 3.12. The molecule has 1 aromatic carbocycles. The molecule has 1 aromatic rings. The first-order valence-corrected chi connectivity index (χ1v) is 4.64. The Kier molecular flexibility index (Phi) is 4.30. The molecule has 0 aliphatic heterocycles. The lowest BCUT2D eigenvalue weighted by molar-refractivity contribution is -0.116. The number of hydrogen-bond acceptors (Lipinski definition) is 2. The van der Waals surface area contributed by atoms with E-state index >= 15 is 0 Å². The highest BCUT2D eigenvalue weighted by Gasteiger charge is 2.14. The van der Waals surface area contributed by atoms with Gasteiger partial charge in [-0.2, -0.15) is 0 Å². The number of carbonyl (C=O) groups is 1. The van der Waals surface area contributed by atoms with Crippen molar-refractivity contribution in [1.29, 1.82) is 0 Å². The standard InChI is InChI=1S/C10H11F3N2O/c1-14-5-4-8(16)15-7-3-2-6(11)9(12)10(7)13/h2-3,14H,4-5H2,1H3,(H,15,16). The van der Waals surface area contributed by atoms with Crippen molar-refractivity contribution in [1.82, 2.24) is 5.32 Å². The van der Waals surface area contributed by atoms with E-state index in [0.29, 0.717) is 6.54 Å². The van der Waals surface area contributed by atoms with Gasteiger partial charge in [-0.15, -0.1) is 0 Å². The van der Waals surface area contributed by atoms with Gasteiger partial charge in [0.05, 0.1) is 5.69 Å².